The van der Waals surface area contributed by atoms with Crippen LogP contribution in [0.4, 0.5) is 5.69 Å². The molecule has 1 unspecified atom stereocenters. The van der Waals surface area contributed by atoms with Gasteiger partial charge in [-0.25, -0.2) is 0 Å². The minimum absolute atomic E-state index is 0.103. The Morgan fingerprint density at radius 3 is 2.81 bits per heavy atom. The van der Waals surface area contributed by atoms with Crippen LogP contribution in [0.5, 0.6) is 5.75 Å². The first-order valence-corrected chi connectivity index (χ1v) is 11.2. The van der Waals surface area contributed by atoms with E-state index in [0.29, 0.717) is 28.3 Å². The molecule has 2 aromatic carbocycles. The van der Waals surface area contributed by atoms with Crippen molar-refractivity contribution in [1.82, 2.24) is 14.8 Å². The molecule has 1 atom stereocenters. The zero-order valence-electron chi connectivity index (χ0n) is 17.8. The van der Waals surface area contributed by atoms with Crippen molar-refractivity contribution in [3.05, 3.63) is 77.1 Å². The van der Waals surface area contributed by atoms with Gasteiger partial charge in [-0.05, 0) is 50.1 Å². The highest BCUT2D eigenvalue weighted by Crippen LogP contribution is 2.29. The fourth-order valence-corrected chi connectivity index (χ4v) is 3.91. The van der Waals surface area contributed by atoms with Gasteiger partial charge in [0.25, 0.3) is 0 Å². The van der Waals surface area contributed by atoms with Crippen molar-refractivity contribution in [3.63, 3.8) is 0 Å². The summed E-state index contributed by atoms with van der Waals surface area (Å²) in [5, 5.41) is 12.7. The zero-order valence-corrected chi connectivity index (χ0v) is 19.3. The topological polar surface area (TPSA) is 69.0 Å². The monoisotopic (exact) mass is 456 g/mol. The maximum absolute atomic E-state index is 12.5. The fourth-order valence-electron chi connectivity index (χ4n) is 2.98. The maximum atomic E-state index is 12.5. The Hall–Kier alpha value is -2.77. The number of nitrogens with zero attached hydrogens (tertiary/aromatic N) is 3. The van der Waals surface area contributed by atoms with E-state index in [0.717, 1.165) is 16.8 Å². The van der Waals surface area contributed by atoms with Crippen molar-refractivity contribution < 1.29 is 9.53 Å². The Labute approximate surface area is 191 Å². The van der Waals surface area contributed by atoms with Crippen molar-refractivity contribution in [2.45, 2.75) is 38.6 Å². The van der Waals surface area contributed by atoms with Crippen LogP contribution in [0.25, 0.3) is 0 Å². The van der Waals surface area contributed by atoms with Gasteiger partial charge in [0.2, 0.25) is 5.91 Å². The second-order valence-electron chi connectivity index (χ2n) is 7.09. The maximum Gasteiger partial charge on any atom is 0.234 e. The molecule has 162 valence electrons. The molecule has 0 aliphatic heterocycles. The van der Waals surface area contributed by atoms with Crippen LogP contribution in [0, 0.1) is 13.8 Å². The molecule has 0 aliphatic carbocycles. The highest BCUT2D eigenvalue weighted by atomic mass is 35.5. The van der Waals surface area contributed by atoms with Crippen molar-refractivity contribution in [3.8, 4) is 5.75 Å². The van der Waals surface area contributed by atoms with E-state index in [1.165, 1.54) is 11.8 Å². The molecule has 0 radical (unpaired) electrons. The number of hydrogen-bond acceptors (Lipinski definition) is 5. The third-order valence-corrected chi connectivity index (χ3v) is 5.84. The third-order valence-electron chi connectivity index (χ3n) is 4.56. The van der Waals surface area contributed by atoms with Crippen molar-refractivity contribution in [1.29, 1.82) is 0 Å². The van der Waals surface area contributed by atoms with Gasteiger partial charge in [-0.2, -0.15) is 0 Å². The molecule has 3 rings (SSSR count). The number of carbonyl (C=O) groups is 1. The Bertz CT molecular complexity index is 1080. The zero-order chi connectivity index (χ0) is 22.4. The van der Waals surface area contributed by atoms with Crippen LogP contribution in [-0.4, -0.2) is 26.4 Å². The molecule has 1 N–H and O–H groups in total. The Morgan fingerprint density at radius 2 is 2.06 bits per heavy atom. The Kier molecular flexibility index (Phi) is 7.76. The normalized spacial score (nSPS) is 11.7. The SMILES string of the molecule is C=CCn1c(SCC(=O)Nc2cc(C)ccc2C)nnc1C(C)Oc1ccccc1Cl. The van der Waals surface area contributed by atoms with Crippen molar-refractivity contribution >= 4 is 35.0 Å². The van der Waals surface area contributed by atoms with E-state index >= 15 is 0 Å². The van der Waals surface area contributed by atoms with Crippen LogP contribution in [0.3, 0.4) is 0 Å². The molecule has 0 spiro atoms. The summed E-state index contributed by atoms with van der Waals surface area (Å²) in [6.07, 6.45) is 1.38. The van der Waals surface area contributed by atoms with Crippen LogP contribution in [-0.2, 0) is 11.3 Å². The Balaban J connectivity index is 1.69. The average Bonchev–Trinajstić information content (AvgIpc) is 3.14. The number of halogens is 1. The number of allylic oxidation sites excluding steroid dienone is 1. The first kappa shape index (κ1) is 22.9. The second kappa shape index (κ2) is 10.5. The molecular weight excluding hydrogens is 432 g/mol. The number of hydrogen-bond donors (Lipinski definition) is 1. The summed E-state index contributed by atoms with van der Waals surface area (Å²) in [6, 6.07) is 13.3. The van der Waals surface area contributed by atoms with E-state index in [1.54, 1.807) is 18.2 Å². The number of para-hydroxylation sites is 1. The number of rotatable bonds is 9. The van der Waals surface area contributed by atoms with Crippen LogP contribution in [0.2, 0.25) is 5.02 Å². The summed E-state index contributed by atoms with van der Waals surface area (Å²) in [5.41, 5.74) is 2.93. The standard InChI is InChI=1S/C23H25ClN4O2S/c1-5-12-28-22(17(4)30-20-9-7-6-8-18(20)24)26-27-23(28)31-14-21(29)25-19-13-15(2)10-11-16(19)3/h5-11,13,17H,1,12,14H2,2-4H3,(H,25,29). The van der Waals surface area contributed by atoms with E-state index < -0.39 is 0 Å². The lowest BCUT2D eigenvalue weighted by Crippen LogP contribution is -2.16. The number of aromatic nitrogens is 3. The van der Waals surface area contributed by atoms with E-state index in [-0.39, 0.29) is 17.8 Å². The van der Waals surface area contributed by atoms with Crippen LogP contribution in [0.15, 0.2) is 60.3 Å². The Morgan fingerprint density at radius 1 is 1.29 bits per heavy atom. The molecule has 3 aromatic rings. The van der Waals surface area contributed by atoms with Crippen LogP contribution in [0.1, 0.15) is 30.0 Å². The number of ether oxygens (including phenoxy) is 1. The van der Waals surface area contributed by atoms with Gasteiger partial charge in [0.1, 0.15) is 5.75 Å². The molecule has 0 bridgehead atoms. The van der Waals surface area contributed by atoms with Gasteiger partial charge >= 0.3 is 0 Å². The number of amides is 1. The number of benzene rings is 2. The largest absolute Gasteiger partial charge is 0.481 e. The summed E-state index contributed by atoms with van der Waals surface area (Å²) in [7, 11) is 0. The van der Waals surface area contributed by atoms with Gasteiger partial charge in [0.15, 0.2) is 17.1 Å². The summed E-state index contributed by atoms with van der Waals surface area (Å²) >= 11 is 7.52. The molecule has 1 aromatic heterocycles. The minimum atomic E-state index is -0.384. The fraction of sp³-hybridized carbons (Fsp3) is 0.261. The van der Waals surface area contributed by atoms with Gasteiger partial charge in [0, 0.05) is 12.2 Å². The highest BCUT2D eigenvalue weighted by molar-refractivity contribution is 7.99. The van der Waals surface area contributed by atoms with Crippen molar-refractivity contribution in [2.24, 2.45) is 0 Å². The molecule has 0 aliphatic rings. The van der Waals surface area contributed by atoms with Gasteiger partial charge in [-0.3, -0.25) is 9.36 Å². The molecule has 6 nitrogen and oxygen atoms in total. The lowest BCUT2D eigenvalue weighted by molar-refractivity contribution is -0.113. The van der Waals surface area contributed by atoms with E-state index in [9.17, 15) is 4.79 Å². The average molecular weight is 457 g/mol. The number of anilines is 1. The predicted octanol–water partition coefficient (Wildman–Crippen LogP) is 5.61. The lowest BCUT2D eigenvalue weighted by atomic mass is 10.1. The first-order chi connectivity index (χ1) is 14.9. The second-order valence-corrected chi connectivity index (χ2v) is 8.44. The number of aryl methyl sites for hydroxylation is 2. The summed E-state index contributed by atoms with van der Waals surface area (Å²) in [5.74, 6) is 1.32. The van der Waals surface area contributed by atoms with Gasteiger partial charge in [0.05, 0.1) is 10.8 Å². The van der Waals surface area contributed by atoms with E-state index in [4.69, 9.17) is 16.3 Å². The molecular formula is C23H25ClN4O2S. The first-order valence-electron chi connectivity index (χ1n) is 9.84. The van der Waals surface area contributed by atoms with Crippen LogP contribution < -0.4 is 10.1 Å². The highest BCUT2D eigenvalue weighted by Gasteiger charge is 2.20. The quantitative estimate of drug-likeness (QED) is 0.335. The van der Waals surface area contributed by atoms with Crippen molar-refractivity contribution in [2.75, 3.05) is 11.1 Å². The predicted molar refractivity (Wildman–Crippen MR) is 126 cm³/mol. The van der Waals surface area contributed by atoms with Crippen LogP contribution >= 0.6 is 23.4 Å². The molecule has 1 amide bonds. The summed E-state index contributed by atoms with van der Waals surface area (Å²) in [6.45, 7) is 10.2. The molecule has 8 heteroatoms. The molecule has 1 heterocycles. The molecule has 0 fully saturated rings. The smallest absolute Gasteiger partial charge is 0.234 e. The minimum Gasteiger partial charge on any atom is -0.481 e. The van der Waals surface area contributed by atoms with E-state index in [1.807, 2.05) is 55.7 Å². The van der Waals surface area contributed by atoms with E-state index in [2.05, 4.69) is 22.1 Å². The molecule has 31 heavy (non-hydrogen) atoms. The molecule has 0 saturated carbocycles. The number of thioether (sulfide) groups is 1. The summed E-state index contributed by atoms with van der Waals surface area (Å²) in [4.78, 5) is 12.5. The van der Waals surface area contributed by atoms with Gasteiger partial charge < -0.3 is 10.1 Å². The molecule has 0 saturated heterocycles. The number of nitrogens with one attached hydrogen (secondary N) is 1. The lowest BCUT2D eigenvalue weighted by Gasteiger charge is -2.16. The third kappa shape index (κ3) is 5.89. The summed E-state index contributed by atoms with van der Waals surface area (Å²) < 4.78 is 7.88. The number of carbonyl (C=O) groups excluding carboxylic acids is 1. The van der Waals surface area contributed by atoms with Gasteiger partial charge in [-0.1, -0.05) is 53.7 Å². The van der Waals surface area contributed by atoms with Gasteiger partial charge in [-0.15, -0.1) is 16.8 Å².